The van der Waals surface area contributed by atoms with Gasteiger partial charge < -0.3 is 21.1 Å². The van der Waals surface area contributed by atoms with Crippen molar-refractivity contribution in [1.29, 1.82) is 0 Å². The van der Waals surface area contributed by atoms with Gasteiger partial charge in [-0.1, -0.05) is 25.5 Å². The SMILES string of the molecule is CC[C@H](C)[C@H](N)c1cn(C(CCC(=O)O)C(=O)N2CCNCC2)nn1. The quantitative estimate of drug-likeness (QED) is 0.608. The van der Waals surface area contributed by atoms with E-state index in [2.05, 4.69) is 22.6 Å². The summed E-state index contributed by atoms with van der Waals surface area (Å²) in [5.41, 5.74) is 6.82. The molecule has 0 saturated carbocycles. The van der Waals surface area contributed by atoms with Gasteiger partial charge in [0.05, 0.1) is 17.9 Å². The molecule has 0 bridgehead atoms. The van der Waals surface area contributed by atoms with Gasteiger partial charge in [0.25, 0.3) is 0 Å². The molecule has 4 N–H and O–H groups in total. The van der Waals surface area contributed by atoms with Crippen molar-refractivity contribution in [2.24, 2.45) is 11.7 Å². The third-order valence-electron chi connectivity index (χ3n) is 4.79. The number of carbonyl (C=O) groups is 2. The van der Waals surface area contributed by atoms with Crippen LogP contribution in [0.2, 0.25) is 0 Å². The van der Waals surface area contributed by atoms with Gasteiger partial charge in [0.1, 0.15) is 6.04 Å². The molecule has 1 amide bonds. The van der Waals surface area contributed by atoms with E-state index in [4.69, 9.17) is 10.8 Å². The number of hydrogen-bond donors (Lipinski definition) is 3. The Morgan fingerprint density at radius 1 is 1.40 bits per heavy atom. The number of nitrogens with zero attached hydrogens (tertiary/aromatic N) is 4. The summed E-state index contributed by atoms with van der Waals surface area (Å²) >= 11 is 0. The molecule has 0 aromatic carbocycles. The van der Waals surface area contributed by atoms with Crippen LogP contribution >= 0.6 is 0 Å². The van der Waals surface area contributed by atoms with Crippen LogP contribution in [0.5, 0.6) is 0 Å². The van der Waals surface area contributed by atoms with E-state index in [0.717, 1.165) is 19.5 Å². The molecule has 2 heterocycles. The fourth-order valence-electron chi connectivity index (χ4n) is 2.87. The molecule has 1 aromatic heterocycles. The number of rotatable bonds is 8. The Morgan fingerprint density at radius 3 is 2.68 bits per heavy atom. The van der Waals surface area contributed by atoms with Gasteiger partial charge in [-0.15, -0.1) is 5.10 Å². The molecule has 9 heteroatoms. The molecule has 1 saturated heterocycles. The van der Waals surface area contributed by atoms with Gasteiger partial charge >= 0.3 is 5.97 Å². The highest BCUT2D eigenvalue weighted by molar-refractivity contribution is 5.81. The maximum atomic E-state index is 12.9. The van der Waals surface area contributed by atoms with Crippen molar-refractivity contribution in [1.82, 2.24) is 25.2 Å². The second kappa shape index (κ2) is 8.91. The molecule has 1 aromatic rings. The lowest BCUT2D eigenvalue weighted by molar-refractivity contribution is -0.139. The minimum absolute atomic E-state index is 0.102. The molecule has 25 heavy (non-hydrogen) atoms. The second-order valence-electron chi connectivity index (χ2n) is 6.56. The summed E-state index contributed by atoms with van der Waals surface area (Å²) in [7, 11) is 0. The number of carbonyl (C=O) groups excluding carboxylic acids is 1. The van der Waals surface area contributed by atoms with Crippen molar-refractivity contribution < 1.29 is 14.7 Å². The standard InChI is InChI=1S/C16H28N6O3/c1-3-11(2)15(17)12-10-22(20-19-12)13(4-5-14(23)24)16(25)21-8-6-18-7-9-21/h10-11,13,15,18H,3-9,17H2,1-2H3,(H,23,24)/t11-,13?,15-/m0/s1. The summed E-state index contributed by atoms with van der Waals surface area (Å²) < 4.78 is 1.48. The first kappa shape index (κ1) is 19.3. The Hall–Kier alpha value is -2.00. The van der Waals surface area contributed by atoms with Gasteiger partial charge in [0, 0.05) is 32.6 Å². The maximum absolute atomic E-state index is 12.9. The van der Waals surface area contributed by atoms with Gasteiger partial charge in [-0.3, -0.25) is 9.59 Å². The van der Waals surface area contributed by atoms with Crippen LogP contribution in [0.25, 0.3) is 0 Å². The summed E-state index contributed by atoms with van der Waals surface area (Å²) in [4.78, 5) is 25.6. The normalized spacial score (nSPS) is 18.6. The molecule has 1 unspecified atom stereocenters. The van der Waals surface area contributed by atoms with Crippen molar-refractivity contribution >= 4 is 11.9 Å². The van der Waals surface area contributed by atoms with E-state index in [0.29, 0.717) is 18.8 Å². The topological polar surface area (TPSA) is 126 Å². The van der Waals surface area contributed by atoms with Crippen LogP contribution in [0.15, 0.2) is 6.20 Å². The fourth-order valence-corrected chi connectivity index (χ4v) is 2.87. The molecule has 0 spiro atoms. The summed E-state index contributed by atoms with van der Waals surface area (Å²) in [5, 5.41) is 20.4. The van der Waals surface area contributed by atoms with E-state index in [1.807, 2.05) is 6.92 Å². The van der Waals surface area contributed by atoms with Crippen molar-refractivity contribution in [2.45, 2.75) is 45.2 Å². The molecule has 1 aliphatic rings. The van der Waals surface area contributed by atoms with E-state index < -0.39 is 12.0 Å². The number of hydrogen-bond acceptors (Lipinski definition) is 6. The Labute approximate surface area is 147 Å². The highest BCUT2D eigenvalue weighted by Gasteiger charge is 2.29. The van der Waals surface area contributed by atoms with Gasteiger partial charge in [0.15, 0.2) is 0 Å². The predicted octanol–water partition coefficient (Wildman–Crippen LogP) is 0.162. The largest absolute Gasteiger partial charge is 0.481 e. The number of amides is 1. The maximum Gasteiger partial charge on any atom is 0.303 e. The molecule has 140 valence electrons. The first-order chi connectivity index (χ1) is 11.9. The third kappa shape index (κ3) is 4.99. The smallest absolute Gasteiger partial charge is 0.303 e. The van der Waals surface area contributed by atoms with Gasteiger partial charge in [-0.2, -0.15) is 0 Å². The van der Waals surface area contributed by atoms with E-state index in [1.165, 1.54) is 4.68 Å². The van der Waals surface area contributed by atoms with Gasteiger partial charge in [-0.25, -0.2) is 4.68 Å². The second-order valence-corrected chi connectivity index (χ2v) is 6.56. The third-order valence-corrected chi connectivity index (χ3v) is 4.79. The molecule has 3 atom stereocenters. The zero-order valence-corrected chi connectivity index (χ0v) is 14.9. The summed E-state index contributed by atoms with van der Waals surface area (Å²) in [5.74, 6) is -0.808. The van der Waals surface area contributed by atoms with Crippen LogP contribution in [0, 0.1) is 5.92 Å². The molecule has 0 radical (unpaired) electrons. The molecule has 1 aliphatic heterocycles. The molecular formula is C16H28N6O3. The van der Waals surface area contributed by atoms with E-state index >= 15 is 0 Å². The van der Waals surface area contributed by atoms with Crippen LogP contribution in [-0.4, -0.2) is 63.1 Å². The van der Waals surface area contributed by atoms with E-state index in [1.54, 1.807) is 11.1 Å². The number of aromatic nitrogens is 3. The number of piperazine rings is 1. The zero-order valence-electron chi connectivity index (χ0n) is 14.9. The van der Waals surface area contributed by atoms with Crippen LogP contribution in [0.1, 0.15) is 50.9 Å². The Morgan fingerprint density at radius 2 is 2.08 bits per heavy atom. The van der Waals surface area contributed by atoms with Crippen molar-refractivity contribution in [3.63, 3.8) is 0 Å². The lowest BCUT2D eigenvalue weighted by Gasteiger charge is -2.30. The minimum atomic E-state index is -0.935. The number of carboxylic acids is 1. The Bertz CT molecular complexity index is 584. The van der Waals surface area contributed by atoms with Crippen LogP contribution in [0.3, 0.4) is 0 Å². The van der Waals surface area contributed by atoms with Gasteiger partial charge in [0.2, 0.25) is 5.91 Å². The molecular weight excluding hydrogens is 324 g/mol. The first-order valence-electron chi connectivity index (χ1n) is 8.82. The molecule has 9 nitrogen and oxygen atoms in total. The average Bonchev–Trinajstić information content (AvgIpc) is 3.10. The highest BCUT2D eigenvalue weighted by Crippen LogP contribution is 2.22. The summed E-state index contributed by atoms with van der Waals surface area (Å²) in [6.07, 6.45) is 2.67. The predicted molar refractivity (Wildman–Crippen MR) is 91.8 cm³/mol. The molecule has 0 aliphatic carbocycles. The monoisotopic (exact) mass is 352 g/mol. The Kier molecular flexibility index (Phi) is 6.89. The molecule has 1 fully saturated rings. The lowest BCUT2D eigenvalue weighted by Crippen LogP contribution is -2.48. The lowest BCUT2D eigenvalue weighted by atomic mass is 9.98. The van der Waals surface area contributed by atoms with Crippen molar-refractivity contribution in [2.75, 3.05) is 26.2 Å². The van der Waals surface area contributed by atoms with Crippen LogP contribution in [0.4, 0.5) is 0 Å². The van der Waals surface area contributed by atoms with Crippen LogP contribution < -0.4 is 11.1 Å². The van der Waals surface area contributed by atoms with E-state index in [9.17, 15) is 9.59 Å². The fraction of sp³-hybridized carbons (Fsp3) is 0.750. The zero-order chi connectivity index (χ0) is 18.4. The number of nitrogens with one attached hydrogen (secondary N) is 1. The van der Waals surface area contributed by atoms with Crippen LogP contribution in [-0.2, 0) is 9.59 Å². The summed E-state index contributed by atoms with van der Waals surface area (Å²) in [6, 6.07) is -0.923. The number of carboxylic acid groups (broad SMARTS) is 1. The van der Waals surface area contributed by atoms with E-state index in [-0.39, 0.29) is 30.7 Å². The Balaban J connectivity index is 2.18. The van der Waals surface area contributed by atoms with Crippen molar-refractivity contribution in [3.05, 3.63) is 11.9 Å². The minimum Gasteiger partial charge on any atom is -0.481 e. The summed E-state index contributed by atoms with van der Waals surface area (Å²) in [6.45, 7) is 6.78. The number of aliphatic carboxylic acids is 1. The molecule has 2 rings (SSSR count). The van der Waals surface area contributed by atoms with Gasteiger partial charge in [-0.05, 0) is 12.3 Å². The average molecular weight is 352 g/mol. The number of nitrogens with two attached hydrogens (primary N) is 1. The highest BCUT2D eigenvalue weighted by atomic mass is 16.4. The first-order valence-corrected chi connectivity index (χ1v) is 8.82. The van der Waals surface area contributed by atoms with Crippen molar-refractivity contribution in [3.8, 4) is 0 Å².